The highest BCUT2D eigenvalue weighted by molar-refractivity contribution is 7.15. The number of carbonyl (C=O) groups is 3. The number of nitrogens with one attached hydrogen (secondary N) is 3. The average molecular weight is 531 g/mol. The summed E-state index contributed by atoms with van der Waals surface area (Å²) in [5.41, 5.74) is 0.718. The van der Waals surface area contributed by atoms with Gasteiger partial charge in [0.15, 0.2) is 5.13 Å². The Morgan fingerprint density at radius 3 is 2.36 bits per heavy atom. The largest absolute Gasteiger partial charge is 0.444 e. The number of anilines is 2. The molecule has 0 aliphatic heterocycles. The molecule has 36 heavy (non-hydrogen) atoms. The number of hydrogen-bond donors (Lipinski definition) is 3. The van der Waals surface area contributed by atoms with E-state index in [1.165, 1.54) is 11.3 Å². The van der Waals surface area contributed by atoms with Crippen molar-refractivity contribution in [1.82, 2.24) is 10.3 Å². The van der Waals surface area contributed by atoms with Crippen LogP contribution in [0.2, 0.25) is 5.02 Å². The van der Waals surface area contributed by atoms with Gasteiger partial charge in [-0.1, -0.05) is 23.7 Å². The van der Waals surface area contributed by atoms with Gasteiger partial charge >= 0.3 is 6.09 Å². The zero-order valence-electron chi connectivity index (χ0n) is 21.2. The van der Waals surface area contributed by atoms with E-state index in [1.54, 1.807) is 52.0 Å². The molecule has 1 fully saturated rings. The molecule has 3 rings (SSSR count). The van der Waals surface area contributed by atoms with Gasteiger partial charge in [0.05, 0.1) is 10.7 Å². The molecule has 1 aromatic carbocycles. The Kier molecular flexibility index (Phi) is 8.26. The minimum atomic E-state index is -1.02. The standard InChI is InChI=1S/C26H31ClN4O4S/c1-15-8-7-9-19(27)20(15)29-21(32)18-11-10-16(2)28-23(36-17(3)14-18)30-22(33)26(12-13-26)31-24(34)35-25(4,5)6/h7-11,14H,12-13H2,1-6H3,(H,29,32)(H,31,34)(H,28,30,33). The Bertz CT molecular complexity index is 1230. The summed E-state index contributed by atoms with van der Waals surface area (Å²) in [7, 11) is 0. The zero-order chi connectivity index (χ0) is 26.7. The maximum Gasteiger partial charge on any atom is 0.408 e. The van der Waals surface area contributed by atoms with Gasteiger partial charge in [0.2, 0.25) is 0 Å². The van der Waals surface area contributed by atoms with E-state index in [0.29, 0.717) is 39.9 Å². The Labute approximate surface area is 220 Å². The van der Waals surface area contributed by atoms with E-state index < -0.39 is 17.2 Å². The highest BCUT2D eigenvalue weighted by atomic mass is 35.5. The lowest BCUT2D eigenvalue weighted by molar-refractivity contribution is -0.119. The molecule has 1 heterocycles. The van der Waals surface area contributed by atoms with E-state index in [-0.39, 0.29) is 11.8 Å². The van der Waals surface area contributed by atoms with Crippen LogP contribution in [0.5, 0.6) is 0 Å². The second-order valence-corrected chi connectivity index (χ2v) is 11.4. The zero-order valence-corrected chi connectivity index (χ0v) is 22.8. The molecule has 0 saturated heterocycles. The average Bonchev–Trinajstić information content (AvgIpc) is 3.51. The van der Waals surface area contributed by atoms with Crippen LogP contribution in [-0.2, 0) is 9.53 Å². The van der Waals surface area contributed by atoms with Gasteiger partial charge in [-0.2, -0.15) is 0 Å². The summed E-state index contributed by atoms with van der Waals surface area (Å²) in [4.78, 5) is 43.5. The lowest BCUT2D eigenvalue weighted by atomic mass is 10.2. The van der Waals surface area contributed by atoms with Crippen LogP contribution in [0.1, 0.15) is 60.1 Å². The molecule has 192 valence electrons. The fourth-order valence-corrected chi connectivity index (χ4v) is 4.39. The number of ether oxygens (including phenoxy) is 1. The third kappa shape index (κ3) is 7.41. The molecule has 8 nitrogen and oxygen atoms in total. The number of hydrogen-bond acceptors (Lipinski definition) is 6. The van der Waals surface area contributed by atoms with Crippen LogP contribution in [0.4, 0.5) is 15.6 Å². The molecule has 1 aliphatic carbocycles. The van der Waals surface area contributed by atoms with Gasteiger partial charge in [0, 0.05) is 16.1 Å². The minimum Gasteiger partial charge on any atom is -0.444 e. The summed E-state index contributed by atoms with van der Waals surface area (Å²) in [6.07, 6.45) is 0.375. The van der Waals surface area contributed by atoms with E-state index in [2.05, 4.69) is 20.9 Å². The molecule has 10 heteroatoms. The first-order valence-electron chi connectivity index (χ1n) is 11.5. The van der Waals surface area contributed by atoms with Crippen LogP contribution < -0.4 is 16.0 Å². The molecule has 0 spiro atoms. The highest BCUT2D eigenvalue weighted by Gasteiger charge is 2.52. The normalized spacial score (nSPS) is 13.8. The van der Waals surface area contributed by atoms with Crippen molar-refractivity contribution in [2.75, 3.05) is 10.6 Å². The molecular formula is C26H31ClN4O4S. The van der Waals surface area contributed by atoms with Crippen LogP contribution in [0.3, 0.4) is 0 Å². The lowest BCUT2D eigenvalue weighted by Gasteiger charge is -2.22. The fraction of sp³-hybridized carbons (Fsp3) is 0.385. The lowest BCUT2D eigenvalue weighted by Crippen LogP contribution is -2.47. The number of aromatic nitrogens is 1. The number of halogens is 1. The maximum atomic E-state index is 13.0. The van der Waals surface area contributed by atoms with Crippen LogP contribution in [-0.4, -0.2) is 34.0 Å². The summed E-state index contributed by atoms with van der Waals surface area (Å²) in [6, 6.07) is 10.5. The first-order chi connectivity index (χ1) is 16.8. The first-order valence-corrected chi connectivity index (χ1v) is 12.7. The number of para-hydroxylation sites is 1. The molecule has 2 aromatic rings. The molecule has 1 saturated carbocycles. The second kappa shape index (κ2) is 10.8. The molecule has 0 bridgehead atoms. The van der Waals surface area contributed by atoms with Crippen LogP contribution in [0, 0.1) is 20.8 Å². The maximum absolute atomic E-state index is 13.0. The second-order valence-electron chi connectivity index (χ2n) is 9.75. The predicted molar refractivity (Wildman–Crippen MR) is 143 cm³/mol. The summed E-state index contributed by atoms with van der Waals surface area (Å²) in [5, 5.41) is 9.19. The SMILES string of the molecule is Cc1ccc(C(=O)Nc2c(C)cccc2Cl)cc(C)sc(NC(=O)C2(NC(=O)OC(C)(C)C)CC2)n1. The van der Waals surface area contributed by atoms with Crippen molar-refractivity contribution >= 4 is 51.7 Å². The van der Waals surface area contributed by atoms with Gasteiger partial charge in [0.25, 0.3) is 11.8 Å². The first kappa shape index (κ1) is 27.4. The Hall–Kier alpha value is -3.17. The quantitative estimate of drug-likeness (QED) is 0.433. The van der Waals surface area contributed by atoms with E-state index in [9.17, 15) is 14.4 Å². The number of benzene rings is 1. The topological polar surface area (TPSA) is 109 Å². The Balaban J connectivity index is 1.82. The molecule has 0 radical (unpaired) electrons. The van der Waals surface area contributed by atoms with Gasteiger partial charge in [-0.25, -0.2) is 9.78 Å². The van der Waals surface area contributed by atoms with Crippen molar-refractivity contribution in [2.45, 2.75) is 65.5 Å². The summed E-state index contributed by atoms with van der Waals surface area (Å²) < 4.78 is 5.30. The van der Waals surface area contributed by atoms with Crippen molar-refractivity contribution in [3.63, 3.8) is 0 Å². The monoisotopic (exact) mass is 530 g/mol. The van der Waals surface area contributed by atoms with Crippen molar-refractivity contribution in [1.29, 1.82) is 0 Å². The Morgan fingerprint density at radius 1 is 1.06 bits per heavy atom. The number of carbonyl (C=O) groups excluding carboxylic acids is 3. The van der Waals surface area contributed by atoms with Crippen molar-refractivity contribution in [3.05, 3.63) is 63.1 Å². The van der Waals surface area contributed by atoms with E-state index in [4.69, 9.17) is 16.3 Å². The number of rotatable bonds is 5. The smallest absolute Gasteiger partial charge is 0.408 e. The van der Waals surface area contributed by atoms with E-state index in [0.717, 1.165) is 10.4 Å². The third-order valence-corrected chi connectivity index (χ3v) is 6.41. The molecule has 3 amide bonds. The van der Waals surface area contributed by atoms with Crippen LogP contribution in [0.15, 0.2) is 36.4 Å². The predicted octanol–water partition coefficient (Wildman–Crippen LogP) is 6.09. The molecule has 1 aromatic heterocycles. The van der Waals surface area contributed by atoms with Crippen molar-refractivity contribution in [2.24, 2.45) is 0 Å². The summed E-state index contributed by atoms with van der Waals surface area (Å²) in [6.45, 7) is 10.7. The molecule has 3 N–H and O–H groups in total. The van der Waals surface area contributed by atoms with Crippen LogP contribution in [0.25, 0.3) is 0 Å². The number of alkyl carbamates (subject to hydrolysis) is 1. The highest BCUT2D eigenvalue weighted by Crippen LogP contribution is 2.37. The van der Waals surface area contributed by atoms with E-state index in [1.807, 2.05) is 26.0 Å². The van der Waals surface area contributed by atoms with Crippen molar-refractivity contribution in [3.8, 4) is 0 Å². The summed E-state index contributed by atoms with van der Waals surface area (Å²) in [5.74, 6) is -0.680. The summed E-state index contributed by atoms with van der Waals surface area (Å²) >= 11 is 7.48. The minimum absolute atomic E-state index is 0.318. The fourth-order valence-electron chi connectivity index (χ4n) is 3.30. The molecular weight excluding hydrogens is 500 g/mol. The number of nitrogens with zero attached hydrogens (tertiary/aromatic N) is 1. The van der Waals surface area contributed by atoms with Gasteiger partial charge in [-0.3, -0.25) is 14.9 Å². The van der Waals surface area contributed by atoms with Crippen LogP contribution >= 0.6 is 22.9 Å². The van der Waals surface area contributed by atoms with Gasteiger partial charge in [0.1, 0.15) is 11.1 Å². The van der Waals surface area contributed by atoms with Gasteiger partial charge in [-0.15, -0.1) is 11.3 Å². The number of amides is 3. The van der Waals surface area contributed by atoms with Gasteiger partial charge in [-0.05, 0) is 84.2 Å². The van der Waals surface area contributed by atoms with E-state index >= 15 is 0 Å². The van der Waals surface area contributed by atoms with Crippen molar-refractivity contribution < 1.29 is 19.1 Å². The Morgan fingerprint density at radius 2 is 1.75 bits per heavy atom. The molecule has 1 aliphatic rings. The third-order valence-electron chi connectivity index (χ3n) is 5.27. The number of aryl methyl sites for hydroxylation is 3. The van der Waals surface area contributed by atoms with Gasteiger partial charge < -0.3 is 15.4 Å². The molecule has 0 unspecified atom stereocenters. The molecule has 0 atom stereocenters.